The number of aromatic nitrogens is 2. The molecule has 0 spiro atoms. The summed E-state index contributed by atoms with van der Waals surface area (Å²) in [6.07, 6.45) is 0.967. The van der Waals surface area contributed by atoms with E-state index < -0.39 is 0 Å². The molecule has 0 radical (unpaired) electrons. The Morgan fingerprint density at radius 3 is 2.46 bits per heavy atom. The second-order valence-corrected chi connectivity index (χ2v) is 5.94. The van der Waals surface area contributed by atoms with Crippen molar-refractivity contribution in [3.63, 3.8) is 0 Å². The van der Waals surface area contributed by atoms with Gasteiger partial charge in [-0.15, -0.1) is 5.10 Å². The Morgan fingerprint density at radius 1 is 1.12 bits per heavy atom. The molecular weight excluding hydrogens is 322 g/mol. The van der Waals surface area contributed by atoms with Crippen molar-refractivity contribution in [3.05, 3.63) is 59.0 Å². The zero-order chi connectivity index (χ0) is 16.9. The van der Waals surface area contributed by atoms with E-state index in [9.17, 15) is 4.79 Å². The highest BCUT2D eigenvalue weighted by molar-refractivity contribution is 7.08. The molecule has 2 aromatic carbocycles. The number of nitrogens with one attached hydrogen (secondary N) is 1. The van der Waals surface area contributed by atoms with Crippen LogP contribution in [0.4, 0.5) is 5.69 Å². The number of nitrogens with zero attached hydrogens (tertiary/aromatic N) is 2. The molecule has 0 unspecified atom stereocenters. The van der Waals surface area contributed by atoms with E-state index in [2.05, 4.69) is 21.8 Å². The third-order valence-corrected chi connectivity index (χ3v) is 4.40. The molecule has 0 aliphatic rings. The third-order valence-electron chi connectivity index (χ3n) is 3.68. The number of rotatable bonds is 5. The lowest BCUT2D eigenvalue weighted by atomic mass is 10.1. The van der Waals surface area contributed by atoms with Gasteiger partial charge >= 0.3 is 0 Å². The van der Waals surface area contributed by atoms with E-state index in [1.807, 2.05) is 48.5 Å². The van der Waals surface area contributed by atoms with E-state index in [1.54, 1.807) is 7.11 Å². The van der Waals surface area contributed by atoms with Gasteiger partial charge in [0.15, 0.2) is 0 Å². The van der Waals surface area contributed by atoms with Crippen LogP contribution in [0.5, 0.6) is 5.75 Å². The topological polar surface area (TPSA) is 64.1 Å². The van der Waals surface area contributed by atoms with Crippen molar-refractivity contribution < 1.29 is 9.53 Å². The zero-order valence-corrected chi connectivity index (χ0v) is 14.3. The predicted octanol–water partition coefficient (Wildman–Crippen LogP) is 4.03. The minimum Gasteiger partial charge on any atom is -0.497 e. The smallest absolute Gasteiger partial charge is 0.269 e. The number of hydrogen-bond acceptors (Lipinski definition) is 5. The van der Waals surface area contributed by atoms with Crippen LogP contribution >= 0.6 is 11.5 Å². The number of anilines is 1. The highest BCUT2D eigenvalue weighted by atomic mass is 32.1. The second-order valence-electron chi connectivity index (χ2n) is 5.18. The summed E-state index contributed by atoms with van der Waals surface area (Å²) in [6.45, 7) is 2.09. The van der Waals surface area contributed by atoms with Gasteiger partial charge in [0.2, 0.25) is 0 Å². The SMILES string of the molecule is CCc1ccc(NC(=O)c2snnc2-c2ccc(OC)cc2)cc1. The van der Waals surface area contributed by atoms with Crippen molar-refractivity contribution in [3.8, 4) is 17.0 Å². The van der Waals surface area contributed by atoms with Crippen LogP contribution < -0.4 is 10.1 Å². The fraction of sp³-hybridized carbons (Fsp3) is 0.167. The van der Waals surface area contributed by atoms with E-state index in [4.69, 9.17) is 4.74 Å². The maximum absolute atomic E-state index is 12.5. The Labute approximate surface area is 144 Å². The summed E-state index contributed by atoms with van der Waals surface area (Å²) in [6, 6.07) is 15.2. The molecule has 5 nitrogen and oxygen atoms in total. The first-order valence-electron chi connectivity index (χ1n) is 7.58. The molecule has 122 valence electrons. The number of aryl methyl sites for hydroxylation is 1. The number of amides is 1. The number of methoxy groups -OCH3 is 1. The first-order chi connectivity index (χ1) is 11.7. The van der Waals surface area contributed by atoms with E-state index in [0.717, 1.165) is 35.0 Å². The van der Waals surface area contributed by atoms with Gasteiger partial charge in [-0.05, 0) is 59.9 Å². The van der Waals surface area contributed by atoms with Gasteiger partial charge in [0.1, 0.15) is 16.3 Å². The van der Waals surface area contributed by atoms with Crippen molar-refractivity contribution in [1.82, 2.24) is 9.59 Å². The molecule has 1 aromatic heterocycles. The van der Waals surface area contributed by atoms with Crippen LogP contribution in [0.3, 0.4) is 0 Å². The van der Waals surface area contributed by atoms with Crippen LogP contribution in [0.2, 0.25) is 0 Å². The van der Waals surface area contributed by atoms with E-state index in [-0.39, 0.29) is 5.91 Å². The van der Waals surface area contributed by atoms with Crippen LogP contribution in [0.25, 0.3) is 11.3 Å². The summed E-state index contributed by atoms with van der Waals surface area (Å²) < 4.78 is 9.08. The van der Waals surface area contributed by atoms with Crippen molar-refractivity contribution in [1.29, 1.82) is 0 Å². The van der Waals surface area contributed by atoms with Crippen LogP contribution in [0.15, 0.2) is 48.5 Å². The van der Waals surface area contributed by atoms with Gasteiger partial charge < -0.3 is 10.1 Å². The summed E-state index contributed by atoms with van der Waals surface area (Å²) in [4.78, 5) is 13.0. The minimum atomic E-state index is -0.208. The highest BCUT2D eigenvalue weighted by Crippen LogP contribution is 2.26. The number of carbonyl (C=O) groups is 1. The lowest BCUT2D eigenvalue weighted by molar-refractivity contribution is 0.103. The van der Waals surface area contributed by atoms with Crippen molar-refractivity contribution >= 4 is 23.1 Å². The Morgan fingerprint density at radius 2 is 1.83 bits per heavy atom. The minimum absolute atomic E-state index is 0.208. The molecule has 6 heteroatoms. The van der Waals surface area contributed by atoms with E-state index in [1.165, 1.54) is 5.56 Å². The number of carbonyl (C=O) groups excluding carboxylic acids is 1. The Balaban J connectivity index is 1.81. The average molecular weight is 339 g/mol. The van der Waals surface area contributed by atoms with Crippen molar-refractivity contribution in [2.75, 3.05) is 12.4 Å². The standard InChI is InChI=1S/C18H17N3O2S/c1-3-12-4-8-14(9-5-12)19-18(22)17-16(20-21-24-17)13-6-10-15(23-2)11-7-13/h4-11H,3H2,1-2H3,(H,19,22). The zero-order valence-electron chi connectivity index (χ0n) is 13.4. The van der Waals surface area contributed by atoms with Gasteiger partial charge in [-0.2, -0.15) is 0 Å². The highest BCUT2D eigenvalue weighted by Gasteiger charge is 2.18. The molecule has 0 aliphatic heterocycles. The molecule has 0 saturated carbocycles. The predicted molar refractivity (Wildman–Crippen MR) is 95.7 cm³/mol. The maximum atomic E-state index is 12.5. The molecular formula is C18H17N3O2S. The quantitative estimate of drug-likeness (QED) is 0.762. The third kappa shape index (κ3) is 3.44. The summed E-state index contributed by atoms with van der Waals surface area (Å²) in [5, 5.41) is 6.99. The Kier molecular flexibility index (Phi) is 4.86. The monoisotopic (exact) mass is 339 g/mol. The average Bonchev–Trinajstić information content (AvgIpc) is 3.12. The molecule has 0 aliphatic carbocycles. The molecule has 3 aromatic rings. The first-order valence-corrected chi connectivity index (χ1v) is 8.35. The molecule has 1 heterocycles. The molecule has 1 N–H and O–H groups in total. The van der Waals surface area contributed by atoms with Gasteiger partial charge in [0, 0.05) is 11.3 Å². The molecule has 1 amide bonds. The van der Waals surface area contributed by atoms with Gasteiger partial charge in [-0.3, -0.25) is 4.79 Å². The summed E-state index contributed by atoms with van der Waals surface area (Å²) >= 11 is 1.08. The molecule has 0 fully saturated rings. The number of hydrogen-bond donors (Lipinski definition) is 1. The van der Waals surface area contributed by atoms with Crippen LogP contribution in [-0.4, -0.2) is 22.6 Å². The van der Waals surface area contributed by atoms with Gasteiger partial charge in [-0.25, -0.2) is 0 Å². The van der Waals surface area contributed by atoms with Gasteiger partial charge in [0.05, 0.1) is 7.11 Å². The molecule has 0 atom stereocenters. The fourth-order valence-electron chi connectivity index (χ4n) is 2.29. The van der Waals surface area contributed by atoms with E-state index >= 15 is 0 Å². The van der Waals surface area contributed by atoms with Crippen molar-refractivity contribution in [2.45, 2.75) is 13.3 Å². The Hall–Kier alpha value is -2.73. The van der Waals surface area contributed by atoms with Crippen LogP contribution in [-0.2, 0) is 6.42 Å². The Bertz CT molecular complexity index is 826. The molecule has 3 rings (SSSR count). The number of ether oxygens (including phenoxy) is 1. The lowest BCUT2D eigenvalue weighted by Crippen LogP contribution is -2.11. The van der Waals surface area contributed by atoms with Crippen LogP contribution in [0.1, 0.15) is 22.2 Å². The summed E-state index contributed by atoms with van der Waals surface area (Å²) in [5.74, 6) is 0.545. The fourth-order valence-corrected chi connectivity index (χ4v) is 2.87. The number of benzene rings is 2. The van der Waals surface area contributed by atoms with Crippen LogP contribution in [0, 0.1) is 0 Å². The molecule has 0 saturated heterocycles. The normalized spacial score (nSPS) is 10.4. The largest absolute Gasteiger partial charge is 0.497 e. The summed E-state index contributed by atoms with van der Waals surface area (Å²) in [7, 11) is 1.61. The van der Waals surface area contributed by atoms with E-state index in [0.29, 0.717) is 10.6 Å². The molecule has 24 heavy (non-hydrogen) atoms. The summed E-state index contributed by atoms with van der Waals surface area (Å²) in [5.41, 5.74) is 3.39. The molecule has 0 bridgehead atoms. The lowest BCUT2D eigenvalue weighted by Gasteiger charge is -2.06. The first kappa shape index (κ1) is 16.1. The van der Waals surface area contributed by atoms with Gasteiger partial charge in [0.25, 0.3) is 5.91 Å². The maximum Gasteiger partial charge on any atom is 0.269 e. The van der Waals surface area contributed by atoms with Gasteiger partial charge in [-0.1, -0.05) is 23.5 Å². The second kappa shape index (κ2) is 7.23. The van der Waals surface area contributed by atoms with Crippen molar-refractivity contribution in [2.24, 2.45) is 0 Å².